The van der Waals surface area contributed by atoms with Crippen molar-refractivity contribution >= 4 is 5.95 Å². The van der Waals surface area contributed by atoms with Gasteiger partial charge >= 0.3 is 0 Å². The summed E-state index contributed by atoms with van der Waals surface area (Å²) in [6, 6.07) is 7.80. The summed E-state index contributed by atoms with van der Waals surface area (Å²) in [7, 11) is 0. The van der Waals surface area contributed by atoms with Crippen molar-refractivity contribution in [2.75, 3.05) is 18.5 Å². The number of rotatable bonds is 5. The molecule has 0 unspecified atom stereocenters. The first kappa shape index (κ1) is 17.5. The molecule has 0 radical (unpaired) electrons. The summed E-state index contributed by atoms with van der Waals surface area (Å²) in [4.78, 5) is 13.1. The van der Waals surface area contributed by atoms with Gasteiger partial charge in [-0.05, 0) is 44.2 Å². The third kappa shape index (κ3) is 3.52. The van der Waals surface area contributed by atoms with Gasteiger partial charge in [-0.25, -0.2) is 23.7 Å². The average Bonchev–Trinajstić information content (AvgIpc) is 3.04. The maximum absolute atomic E-state index is 14.8. The van der Waals surface area contributed by atoms with Gasteiger partial charge in [0.2, 0.25) is 5.95 Å². The molecule has 1 aliphatic rings. The Balaban J connectivity index is 1.81. The number of aromatic nitrogens is 4. The number of benzene rings is 1. The van der Waals surface area contributed by atoms with Gasteiger partial charge in [0.25, 0.3) is 0 Å². The molecule has 0 atom stereocenters. The van der Waals surface area contributed by atoms with Crippen LogP contribution in [0.4, 0.5) is 14.7 Å². The summed E-state index contributed by atoms with van der Waals surface area (Å²) in [6.07, 6.45) is 3.05. The largest absolute Gasteiger partial charge is 0.377 e. The predicted molar refractivity (Wildman–Crippen MR) is 97.3 cm³/mol. The molecule has 27 heavy (non-hydrogen) atoms. The van der Waals surface area contributed by atoms with Crippen molar-refractivity contribution in [3.8, 4) is 22.6 Å². The second-order valence-electron chi connectivity index (χ2n) is 6.87. The van der Waals surface area contributed by atoms with Crippen molar-refractivity contribution in [3.05, 3.63) is 48.7 Å². The highest BCUT2D eigenvalue weighted by atomic mass is 19.1. The van der Waals surface area contributed by atoms with E-state index in [4.69, 9.17) is 4.74 Å². The first-order valence-electron chi connectivity index (χ1n) is 8.62. The summed E-state index contributed by atoms with van der Waals surface area (Å²) in [5.41, 5.74) is 2.23. The maximum Gasteiger partial charge on any atom is 0.223 e. The normalized spacial score (nSPS) is 14.8. The third-order valence-electron chi connectivity index (χ3n) is 4.33. The second-order valence-corrected chi connectivity index (χ2v) is 6.87. The Morgan fingerprint density at radius 2 is 1.89 bits per heavy atom. The Hall–Kier alpha value is -2.87. The molecule has 8 heteroatoms. The van der Waals surface area contributed by atoms with Crippen molar-refractivity contribution in [2.24, 2.45) is 0 Å². The van der Waals surface area contributed by atoms with E-state index in [1.807, 2.05) is 0 Å². The molecule has 1 N–H and O–H groups in total. The van der Waals surface area contributed by atoms with Gasteiger partial charge < -0.3 is 10.1 Å². The van der Waals surface area contributed by atoms with Gasteiger partial charge in [-0.2, -0.15) is 0 Å². The SMILES string of the molecule is CC(C)(F)n1cnc(-c2ccc(F)cc2)c1-c1ccnc(NC2COC2)n1. The minimum atomic E-state index is -1.69. The maximum atomic E-state index is 14.8. The molecule has 140 valence electrons. The monoisotopic (exact) mass is 371 g/mol. The van der Waals surface area contributed by atoms with E-state index in [1.54, 1.807) is 24.4 Å². The molecule has 1 aromatic carbocycles. The minimum Gasteiger partial charge on any atom is -0.377 e. The lowest BCUT2D eigenvalue weighted by atomic mass is 10.1. The van der Waals surface area contributed by atoms with Crippen molar-refractivity contribution in [1.82, 2.24) is 19.5 Å². The van der Waals surface area contributed by atoms with E-state index < -0.39 is 5.79 Å². The van der Waals surface area contributed by atoms with E-state index in [2.05, 4.69) is 20.3 Å². The van der Waals surface area contributed by atoms with E-state index in [0.29, 0.717) is 41.8 Å². The second kappa shape index (κ2) is 6.70. The molecule has 3 aromatic rings. The fourth-order valence-electron chi connectivity index (χ4n) is 2.88. The lowest BCUT2D eigenvalue weighted by molar-refractivity contribution is 0.0208. The topological polar surface area (TPSA) is 64.9 Å². The number of hydrogen-bond donors (Lipinski definition) is 1. The van der Waals surface area contributed by atoms with Crippen LogP contribution in [0, 0.1) is 5.82 Å². The van der Waals surface area contributed by atoms with E-state index >= 15 is 0 Å². The Morgan fingerprint density at radius 3 is 2.52 bits per heavy atom. The van der Waals surface area contributed by atoms with Crippen LogP contribution in [-0.2, 0) is 10.5 Å². The van der Waals surface area contributed by atoms with Gasteiger partial charge in [0.05, 0.1) is 42.7 Å². The smallest absolute Gasteiger partial charge is 0.223 e. The van der Waals surface area contributed by atoms with Crippen LogP contribution in [-0.4, -0.2) is 38.8 Å². The molecule has 0 amide bonds. The first-order chi connectivity index (χ1) is 12.9. The van der Waals surface area contributed by atoms with Crippen LogP contribution in [0.1, 0.15) is 13.8 Å². The molecule has 1 fully saturated rings. The summed E-state index contributed by atoms with van der Waals surface area (Å²) in [5, 5.41) is 3.19. The number of alkyl halides is 1. The lowest BCUT2D eigenvalue weighted by Crippen LogP contribution is -2.40. The number of nitrogens with one attached hydrogen (secondary N) is 1. The zero-order valence-corrected chi connectivity index (χ0v) is 15.0. The van der Waals surface area contributed by atoms with Crippen molar-refractivity contribution < 1.29 is 13.5 Å². The molecule has 3 heterocycles. The molecule has 1 aliphatic heterocycles. The molecular formula is C19H19F2N5O. The van der Waals surface area contributed by atoms with Crippen LogP contribution >= 0.6 is 0 Å². The molecule has 0 saturated carbocycles. The Labute approximate surface area is 155 Å². The lowest BCUT2D eigenvalue weighted by Gasteiger charge is -2.27. The highest BCUT2D eigenvalue weighted by Gasteiger charge is 2.27. The number of nitrogens with zero attached hydrogens (tertiary/aromatic N) is 4. The molecule has 6 nitrogen and oxygen atoms in total. The molecule has 2 aromatic heterocycles. The van der Waals surface area contributed by atoms with Crippen molar-refractivity contribution in [1.29, 1.82) is 0 Å². The van der Waals surface area contributed by atoms with Crippen LogP contribution in [0.15, 0.2) is 42.9 Å². The minimum absolute atomic E-state index is 0.166. The highest BCUT2D eigenvalue weighted by molar-refractivity contribution is 5.77. The van der Waals surface area contributed by atoms with Gasteiger partial charge in [-0.15, -0.1) is 0 Å². The van der Waals surface area contributed by atoms with Crippen LogP contribution in [0.5, 0.6) is 0 Å². The quantitative estimate of drug-likeness (QED) is 0.742. The van der Waals surface area contributed by atoms with Gasteiger partial charge in [0.1, 0.15) is 5.82 Å². The molecule has 0 aliphatic carbocycles. The number of ether oxygens (including phenoxy) is 1. The van der Waals surface area contributed by atoms with E-state index in [-0.39, 0.29) is 11.9 Å². The van der Waals surface area contributed by atoms with E-state index in [9.17, 15) is 8.78 Å². The van der Waals surface area contributed by atoms with E-state index in [0.717, 1.165) is 0 Å². The standard InChI is InChI=1S/C19H19F2N5O/c1-19(2,21)26-11-23-16(12-3-5-13(20)6-4-12)17(26)15-7-8-22-18(25-15)24-14-9-27-10-14/h3-8,11,14H,9-10H2,1-2H3,(H,22,24,25). The Morgan fingerprint density at radius 1 is 1.15 bits per heavy atom. The number of anilines is 1. The third-order valence-corrected chi connectivity index (χ3v) is 4.33. The summed E-state index contributed by atoms with van der Waals surface area (Å²) >= 11 is 0. The highest BCUT2D eigenvalue weighted by Crippen LogP contribution is 2.34. The molecular weight excluding hydrogens is 352 g/mol. The zero-order valence-electron chi connectivity index (χ0n) is 15.0. The van der Waals surface area contributed by atoms with Crippen molar-refractivity contribution in [2.45, 2.75) is 25.7 Å². The zero-order chi connectivity index (χ0) is 19.0. The van der Waals surface area contributed by atoms with Crippen LogP contribution < -0.4 is 5.32 Å². The molecule has 0 spiro atoms. The number of imidazole rings is 1. The molecule has 0 bridgehead atoms. The molecule has 4 rings (SSSR count). The van der Waals surface area contributed by atoms with Gasteiger partial charge in [0, 0.05) is 11.8 Å². The van der Waals surface area contributed by atoms with Crippen LogP contribution in [0.25, 0.3) is 22.6 Å². The Bertz CT molecular complexity index is 945. The predicted octanol–water partition coefficient (Wildman–Crippen LogP) is 3.62. The number of halogens is 2. The fraction of sp³-hybridized carbons (Fsp3) is 0.316. The van der Waals surface area contributed by atoms with Crippen LogP contribution in [0.2, 0.25) is 0 Å². The van der Waals surface area contributed by atoms with Crippen LogP contribution in [0.3, 0.4) is 0 Å². The summed E-state index contributed by atoms with van der Waals surface area (Å²) in [6.45, 7) is 4.09. The number of hydrogen-bond acceptors (Lipinski definition) is 5. The van der Waals surface area contributed by atoms with Gasteiger partial charge in [-0.1, -0.05) is 0 Å². The van der Waals surface area contributed by atoms with Crippen molar-refractivity contribution in [3.63, 3.8) is 0 Å². The average molecular weight is 371 g/mol. The van der Waals surface area contributed by atoms with Gasteiger partial charge in [0.15, 0.2) is 5.79 Å². The molecule has 1 saturated heterocycles. The Kier molecular flexibility index (Phi) is 4.35. The summed E-state index contributed by atoms with van der Waals surface area (Å²) < 4.78 is 34.7. The first-order valence-corrected chi connectivity index (χ1v) is 8.62. The van der Waals surface area contributed by atoms with Gasteiger partial charge in [-0.3, -0.25) is 4.57 Å². The fourth-order valence-corrected chi connectivity index (χ4v) is 2.88. The summed E-state index contributed by atoms with van der Waals surface area (Å²) in [5.74, 6) is -1.60. The van der Waals surface area contributed by atoms with E-state index in [1.165, 1.54) is 36.9 Å².